The predicted octanol–water partition coefficient (Wildman–Crippen LogP) is 3.94. The van der Waals surface area contributed by atoms with Crippen molar-refractivity contribution in [3.63, 3.8) is 0 Å². The minimum atomic E-state index is -0.120. The summed E-state index contributed by atoms with van der Waals surface area (Å²) in [6, 6.07) is 11.6. The van der Waals surface area contributed by atoms with Crippen LogP contribution in [0, 0.1) is 0 Å². The number of benzene rings is 1. The molecule has 3 heterocycles. The summed E-state index contributed by atoms with van der Waals surface area (Å²) in [6.45, 7) is 7.94. The van der Waals surface area contributed by atoms with Gasteiger partial charge in [-0.25, -0.2) is 9.50 Å². The van der Waals surface area contributed by atoms with Crippen molar-refractivity contribution in [1.82, 2.24) is 19.5 Å². The highest BCUT2D eigenvalue weighted by molar-refractivity contribution is 5.94. The third kappa shape index (κ3) is 3.23. The van der Waals surface area contributed by atoms with Crippen molar-refractivity contribution in [2.45, 2.75) is 39.0 Å². The van der Waals surface area contributed by atoms with Crippen LogP contribution in [0.2, 0.25) is 0 Å². The number of hydrogen-bond acceptors (Lipinski definition) is 4. The molecule has 6 heteroatoms. The van der Waals surface area contributed by atoms with Crippen molar-refractivity contribution >= 4 is 11.6 Å². The maximum Gasteiger partial charge on any atom is 0.272 e. The van der Waals surface area contributed by atoms with E-state index in [9.17, 15) is 4.79 Å². The molecule has 146 valence electrons. The van der Waals surface area contributed by atoms with Gasteiger partial charge in [0.2, 0.25) is 0 Å². The molecule has 3 aromatic rings. The van der Waals surface area contributed by atoms with Crippen LogP contribution in [0.4, 0.5) is 0 Å². The van der Waals surface area contributed by atoms with Gasteiger partial charge in [0.05, 0.1) is 18.5 Å². The van der Waals surface area contributed by atoms with Crippen molar-refractivity contribution in [2.24, 2.45) is 0 Å². The molecule has 4 rings (SSSR count). The molecule has 1 aromatic carbocycles. The van der Waals surface area contributed by atoms with Crippen LogP contribution >= 0.6 is 0 Å². The molecule has 0 bridgehead atoms. The second-order valence-electron chi connectivity index (χ2n) is 8.28. The number of likely N-dealkylation sites (tertiary alicyclic amines) is 1. The summed E-state index contributed by atoms with van der Waals surface area (Å²) >= 11 is 0. The van der Waals surface area contributed by atoms with Gasteiger partial charge in [-0.15, -0.1) is 0 Å². The van der Waals surface area contributed by atoms with E-state index in [0.29, 0.717) is 11.3 Å². The third-order valence-corrected chi connectivity index (χ3v) is 5.19. The van der Waals surface area contributed by atoms with E-state index in [1.54, 1.807) is 7.11 Å². The van der Waals surface area contributed by atoms with E-state index >= 15 is 0 Å². The number of carbonyl (C=O) groups excluding carboxylic acids is 1. The summed E-state index contributed by atoms with van der Waals surface area (Å²) in [5.41, 5.74) is 3.63. The highest BCUT2D eigenvalue weighted by Gasteiger charge is 2.25. The van der Waals surface area contributed by atoms with Crippen LogP contribution in [0.5, 0.6) is 5.75 Å². The normalized spacial score (nSPS) is 14.6. The highest BCUT2D eigenvalue weighted by Crippen LogP contribution is 2.32. The van der Waals surface area contributed by atoms with Crippen molar-refractivity contribution in [3.05, 3.63) is 47.8 Å². The molecule has 2 aromatic heterocycles. The fraction of sp³-hybridized carbons (Fsp3) is 0.409. The van der Waals surface area contributed by atoms with Crippen LogP contribution in [0.15, 0.2) is 36.4 Å². The monoisotopic (exact) mass is 378 g/mol. The minimum absolute atomic E-state index is 0.0188. The third-order valence-electron chi connectivity index (χ3n) is 5.19. The molecule has 0 aliphatic carbocycles. The Morgan fingerprint density at radius 2 is 1.82 bits per heavy atom. The molecule has 1 aliphatic rings. The Balaban J connectivity index is 1.94. The SMILES string of the molecule is COc1ccccc1-c1cc(C(=O)N2CCCC2)nc2cc(C(C)(C)C)nn12. The molecule has 1 amide bonds. The number of nitrogens with zero attached hydrogens (tertiary/aromatic N) is 4. The summed E-state index contributed by atoms with van der Waals surface area (Å²) in [7, 11) is 1.65. The first-order chi connectivity index (χ1) is 13.4. The van der Waals surface area contributed by atoms with Gasteiger partial charge < -0.3 is 9.64 Å². The van der Waals surface area contributed by atoms with Crippen LogP contribution in [-0.4, -0.2) is 45.6 Å². The molecule has 1 fully saturated rings. The first-order valence-corrected chi connectivity index (χ1v) is 9.72. The topological polar surface area (TPSA) is 59.7 Å². The molecular weight excluding hydrogens is 352 g/mol. The van der Waals surface area contributed by atoms with Gasteiger partial charge in [-0.3, -0.25) is 4.79 Å². The van der Waals surface area contributed by atoms with Gasteiger partial charge in [0.15, 0.2) is 5.65 Å². The first kappa shape index (κ1) is 18.5. The maximum atomic E-state index is 13.0. The lowest BCUT2D eigenvalue weighted by atomic mass is 9.93. The Kier molecular flexibility index (Phi) is 4.57. The number of carbonyl (C=O) groups is 1. The largest absolute Gasteiger partial charge is 0.496 e. The number of ether oxygens (including phenoxy) is 1. The maximum absolute atomic E-state index is 13.0. The molecule has 0 spiro atoms. The molecule has 0 N–H and O–H groups in total. The van der Waals surface area contributed by atoms with E-state index in [0.717, 1.165) is 48.6 Å². The Morgan fingerprint density at radius 1 is 1.11 bits per heavy atom. The Bertz CT molecular complexity index is 1030. The number of para-hydroxylation sites is 1. The van der Waals surface area contributed by atoms with Crippen LogP contribution < -0.4 is 4.74 Å². The van der Waals surface area contributed by atoms with Crippen molar-refractivity contribution in [2.75, 3.05) is 20.2 Å². The summed E-state index contributed by atoms with van der Waals surface area (Å²) in [5, 5.41) is 4.81. The minimum Gasteiger partial charge on any atom is -0.496 e. The number of methoxy groups -OCH3 is 1. The van der Waals surface area contributed by atoms with Crippen LogP contribution in [0.3, 0.4) is 0 Å². The van der Waals surface area contributed by atoms with Crippen molar-refractivity contribution in [1.29, 1.82) is 0 Å². The Labute approximate surface area is 165 Å². The standard InChI is InChI=1S/C22H26N4O2/c1-22(2,3)19-14-20-23-16(21(27)25-11-7-8-12-25)13-17(26(20)24-19)15-9-5-6-10-18(15)28-4/h5-6,9-10,13-14H,7-8,11-12H2,1-4H3. The fourth-order valence-electron chi connectivity index (χ4n) is 3.58. The van der Waals surface area contributed by atoms with Crippen LogP contribution in [-0.2, 0) is 5.41 Å². The number of rotatable bonds is 3. The quantitative estimate of drug-likeness (QED) is 0.693. The molecule has 0 radical (unpaired) electrons. The van der Waals surface area contributed by atoms with Crippen LogP contribution in [0.1, 0.15) is 49.8 Å². The first-order valence-electron chi connectivity index (χ1n) is 9.72. The molecule has 0 saturated carbocycles. The molecule has 0 atom stereocenters. The number of amides is 1. The molecule has 6 nitrogen and oxygen atoms in total. The highest BCUT2D eigenvalue weighted by atomic mass is 16.5. The Morgan fingerprint density at radius 3 is 2.50 bits per heavy atom. The van der Waals surface area contributed by atoms with Gasteiger partial charge in [0.25, 0.3) is 5.91 Å². The van der Waals surface area contributed by atoms with E-state index < -0.39 is 0 Å². The zero-order valence-electron chi connectivity index (χ0n) is 16.9. The zero-order chi connectivity index (χ0) is 19.9. The van der Waals surface area contributed by atoms with Gasteiger partial charge in [-0.05, 0) is 31.0 Å². The van der Waals surface area contributed by atoms with Gasteiger partial charge in [-0.2, -0.15) is 5.10 Å². The summed E-state index contributed by atoms with van der Waals surface area (Å²) in [4.78, 5) is 19.6. The van der Waals surface area contributed by atoms with Crippen molar-refractivity contribution in [3.8, 4) is 17.0 Å². The Hall–Kier alpha value is -2.89. The van der Waals surface area contributed by atoms with E-state index in [4.69, 9.17) is 9.84 Å². The molecule has 28 heavy (non-hydrogen) atoms. The molecular formula is C22H26N4O2. The van der Waals surface area contributed by atoms with Gasteiger partial charge in [0, 0.05) is 30.1 Å². The second kappa shape index (κ2) is 6.93. The molecule has 1 aliphatic heterocycles. The van der Waals surface area contributed by atoms with E-state index in [1.165, 1.54) is 0 Å². The van der Waals surface area contributed by atoms with Gasteiger partial charge in [-0.1, -0.05) is 32.9 Å². The fourth-order valence-corrected chi connectivity index (χ4v) is 3.58. The van der Waals surface area contributed by atoms with Crippen LogP contribution in [0.25, 0.3) is 16.9 Å². The lowest BCUT2D eigenvalue weighted by Gasteiger charge is -2.16. The molecule has 0 unspecified atom stereocenters. The van der Waals surface area contributed by atoms with Gasteiger partial charge >= 0.3 is 0 Å². The number of fused-ring (bicyclic) bond motifs is 1. The van der Waals surface area contributed by atoms with E-state index in [2.05, 4.69) is 25.8 Å². The smallest absolute Gasteiger partial charge is 0.272 e. The van der Waals surface area contributed by atoms with Crippen molar-refractivity contribution < 1.29 is 9.53 Å². The molecule has 1 saturated heterocycles. The summed E-state index contributed by atoms with van der Waals surface area (Å²) in [6.07, 6.45) is 2.10. The average molecular weight is 378 g/mol. The predicted molar refractivity (Wildman–Crippen MR) is 109 cm³/mol. The lowest BCUT2D eigenvalue weighted by molar-refractivity contribution is 0.0787. The van der Waals surface area contributed by atoms with Gasteiger partial charge in [0.1, 0.15) is 11.4 Å². The van der Waals surface area contributed by atoms with E-state index in [1.807, 2.05) is 45.8 Å². The average Bonchev–Trinajstić information content (AvgIpc) is 3.36. The summed E-state index contributed by atoms with van der Waals surface area (Å²) in [5.74, 6) is 0.719. The number of hydrogen-bond donors (Lipinski definition) is 0. The lowest BCUT2D eigenvalue weighted by Crippen LogP contribution is -2.28. The second-order valence-corrected chi connectivity index (χ2v) is 8.28. The summed E-state index contributed by atoms with van der Waals surface area (Å²) < 4.78 is 7.38. The zero-order valence-corrected chi connectivity index (χ0v) is 16.9. The van der Waals surface area contributed by atoms with E-state index in [-0.39, 0.29) is 11.3 Å². The number of aromatic nitrogens is 3.